The van der Waals surface area contributed by atoms with E-state index in [9.17, 15) is 9.59 Å². The van der Waals surface area contributed by atoms with Gasteiger partial charge in [-0.3, -0.25) is 9.59 Å². The van der Waals surface area contributed by atoms with Crippen LogP contribution in [0.4, 0.5) is 0 Å². The van der Waals surface area contributed by atoms with Crippen molar-refractivity contribution in [3.8, 4) is 0 Å². The van der Waals surface area contributed by atoms with E-state index in [0.29, 0.717) is 29.1 Å². The van der Waals surface area contributed by atoms with Crippen molar-refractivity contribution >= 4 is 11.9 Å². The van der Waals surface area contributed by atoms with Crippen LogP contribution in [0.3, 0.4) is 0 Å². The third kappa shape index (κ3) is 0.562. The van der Waals surface area contributed by atoms with Crippen molar-refractivity contribution < 1.29 is 14.3 Å². The predicted octanol–water partition coefficient (Wildman–Crippen LogP) is 1.14. The molecular weight excluding hydrogens is 204 g/mol. The molecule has 0 aromatic rings. The molecule has 3 heteroatoms. The number of rotatable bonds is 0. The minimum Gasteiger partial charge on any atom is -0.393 e. The zero-order valence-corrected chi connectivity index (χ0v) is 8.76. The lowest BCUT2D eigenvalue weighted by molar-refractivity contribution is -0.153. The predicted molar refractivity (Wildman–Crippen MR) is 52.8 cm³/mol. The van der Waals surface area contributed by atoms with Crippen LogP contribution in [-0.2, 0) is 14.3 Å². The van der Waals surface area contributed by atoms with Gasteiger partial charge in [-0.1, -0.05) is 12.2 Å². The minimum absolute atomic E-state index is 0.0880. The van der Waals surface area contributed by atoms with E-state index in [1.165, 1.54) is 12.8 Å². The molecule has 5 rings (SSSR count). The van der Waals surface area contributed by atoms with E-state index in [4.69, 9.17) is 4.74 Å². The molecule has 0 aromatic carbocycles. The maximum atomic E-state index is 11.6. The Kier molecular flexibility index (Phi) is 1.01. The average Bonchev–Trinajstić information content (AvgIpc) is 2.81. The Balaban J connectivity index is 1.65. The summed E-state index contributed by atoms with van der Waals surface area (Å²) in [6, 6.07) is 0. The molecule has 16 heavy (non-hydrogen) atoms. The van der Waals surface area contributed by atoms with Crippen LogP contribution in [0.2, 0.25) is 0 Å². The van der Waals surface area contributed by atoms with Gasteiger partial charge in [0, 0.05) is 0 Å². The third-order valence-corrected chi connectivity index (χ3v) is 5.92. The highest BCUT2D eigenvalue weighted by atomic mass is 16.6. The second kappa shape index (κ2) is 2.01. The topological polar surface area (TPSA) is 43.4 Å². The third-order valence-electron chi connectivity index (χ3n) is 5.92. The number of carbonyl (C=O) groups excluding carboxylic acids is 2. The molecule has 1 saturated heterocycles. The van der Waals surface area contributed by atoms with Gasteiger partial charge in [0.15, 0.2) is 0 Å². The molecule has 2 bridgehead atoms. The van der Waals surface area contributed by atoms with E-state index < -0.39 is 0 Å². The average molecular weight is 216 g/mol. The number of allylic oxidation sites excluding steroid dienone is 2. The van der Waals surface area contributed by atoms with Crippen LogP contribution < -0.4 is 0 Å². The molecule has 0 radical (unpaired) electrons. The summed E-state index contributed by atoms with van der Waals surface area (Å²) >= 11 is 0. The van der Waals surface area contributed by atoms with Gasteiger partial charge in [-0.25, -0.2) is 0 Å². The van der Waals surface area contributed by atoms with Gasteiger partial charge in [0.1, 0.15) is 0 Å². The lowest BCUT2D eigenvalue weighted by Gasteiger charge is -2.45. The molecule has 0 aromatic heterocycles. The quantitative estimate of drug-likeness (QED) is 0.346. The maximum Gasteiger partial charge on any atom is 0.317 e. The monoisotopic (exact) mass is 216 g/mol. The fourth-order valence-corrected chi connectivity index (χ4v) is 5.26. The standard InChI is InChI=1S/C13H12O3/c14-11-9-7-5-1-2-6(13(5)3-4-13)8(7)10(9)12(15)16-11/h1-2,5-10H,3-4H2/t5-,6+,7+,8-,9-,10+. The number of hydrogen-bond acceptors (Lipinski definition) is 3. The van der Waals surface area contributed by atoms with Crippen molar-refractivity contribution in [2.45, 2.75) is 12.8 Å². The van der Waals surface area contributed by atoms with Crippen LogP contribution in [0, 0.1) is 40.9 Å². The summed E-state index contributed by atoms with van der Waals surface area (Å²) in [5, 5.41) is 0. The van der Waals surface area contributed by atoms with Gasteiger partial charge < -0.3 is 4.74 Å². The first-order valence-corrected chi connectivity index (χ1v) is 6.18. The second-order valence-electron chi connectivity index (χ2n) is 6.12. The largest absolute Gasteiger partial charge is 0.393 e. The Morgan fingerprint density at radius 3 is 1.94 bits per heavy atom. The van der Waals surface area contributed by atoms with E-state index in [0.717, 1.165) is 0 Å². The molecule has 4 aliphatic carbocycles. The summed E-state index contributed by atoms with van der Waals surface area (Å²) in [5.74, 6) is 1.35. The lowest BCUT2D eigenvalue weighted by Crippen LogP contribution is -2.50. The van der Waals surface area contributed by atoms with Crippen molar-refractivity contribution in [1.29, 1.82) is 0 Å². The van der Waals surface area contributed by atoms with Crippen molar-refractivity contribution in [3.05, 3.63) is 12.2 Å². The maximum absolute atomic E-state index is 11.6. The van der Waals surface area contributed by atoms with Crippen LogP contribution in [-0.4, -0.2) is 11.9 Å². The van der Waals surface area contributed by atoms with E-state index in [1.807, 2.05) is 0 Å². The van der Waals surface area contributed by atoms with Crippen LogP contribution in [0.25, 0.3) is 0 Å². The summed E-state index contributed by atoms with van der Waals surface area (Å²) in [7, 11) is 0. The number of esters is 2. The number of cyclic esters (lactones) is 2. The van der Waals surface area contributed by atoms with Crippen LogP contribution >= 0.6 is 0 Å². The first-order chi connectivity index (χ1) is 7.74. The van der Waals surface area contributed by atoms with Crippen molar-refractivity contribution in [3.63, 3.8) is 0 Å². The van der Waals surface area contributed by atoms with Crippen LogP contribution in [0.1, 0.15) is 12.8 Å². The second-order valence-corrected chi connectivity index (χ2v) is 6.12. The number of hydrogen-bond donors (Lipinski definition) is 0. The lowest BCUT2D eigenvalue weighted by atomic mass is 9.54. The van der Waals surface area contributed by atoms with E-state index in [2.05, 4.69) is 12.2 Å². The van der Waals surface area contributed by atoms with E-state index in [1.54, 1.807) is 0 Å². The van der Waals surface area contributed by atoms with Gasteiger partial charge in [-0.05, 0) is 41.9 Å². The fourth-order valence-electron chi connectivity index (χ4n) is 5.26. The van der Waals surface area contributed by atoms with Crippen molar-refractivity contribution in [2.24, 2.45) is 40.9 Å². The van der Waals surface area contributed by atoms with Gasteiger partial charge in [0.05, 0.1) is 11.8 Å². The highest BCUT2D eigenvalue weighted by Gasteiger charge is 2.78. The highest BCUT2D eigenvalue weighted by Crippen LogP contribution is 2.79. The molecule has 0 amide bonds. The zero-order valence-electron chi connectivity index (χ0n) is 8.76. The molecule has 1 aliphatic heterocycles. The van der Waals surface area contributed by atoms with Gasteiger partial charge in [-0.2, -0.15) is 0 Å². The molecule has 0 unspecified atom stereocenters. The first-order valence-electron chi connectivity index (χ1n) is 6.18. The molecule has 3 saturated carbocycles. The molecule has 3 nitrogen and oxygen atoms in total. The molecule has 1 heterocycles. The summed E-state index contributed by atoms with van der Waals surface area (Å²) in [6.07, 6.45) is 7.21. The van der Waals surface area contributed by atoms with Crippen LogP contribution in [0.15, 0.2) is 12.2 Å². The fraction of sp³-hybridized carbons (Fsp3) is 0.692. The first kappa shape index (κ1) is 8.04. The summed E-state index contributed by atoms with van der Waals surface area (Å²) in [6.45, 7) is 0. The molecule has 1 spiro atoms. The van der Waals surface area contributed by atoms with E-state index in [-0.39, 0.29) is 23.8 Å². The van der Waals surface area contributed by atoms with Crippen molar-refractivity contribution in [2.75, 3.05) is 0 Å². The molecule has 6 atom stereocenters. The SMILES string of the molecule is O=C1OC(=O)[C@H]2[C@@H]1[C@H]1[C@@H]2[C@H]2C=C[C@@H]1C21CC1. The Labute approximate surface area is 92.8 Å². The Morgan fingerprint density at radius 2 is 1.50 bits per heavy atom. The van der Waals surface area contributed by atoms with E-state index >= 15 is 0 Å². The molecule has 0 N–H and O–H groups in total. The zero-order chi connectivity index (χ0) is 10.7. The highest BCUT2D eigenvalue weighted by molar-refractivity contribution is 5.99. The van der Waals surface area contributed by atoms with Crippen molar-refractivity contribution in [1.82, 2.24) is 0 Å². The Bertz CT molecular complexity index is 436. The number of carbonyl (C=O) groups is 2. The summed E-state index contributed by atoms with van der Waals surface area (Å²) in [4.78, 5) is 23.3. The Hall–Kier alpha value is -1.12. The smallest absolute Gasteiger partial charge is 0.317 e. The Morgan fingerprint density at radius 1 is 1.00 bits per heavy atom. The molecule has 82 valence electrons. The minimum atomic E-state index is -0.243. The summed E-state index contributed by atoms with van der Waals surface area (Å²) < 4.78 is 4.79. The normalized spacial score (nSPS) is 57.2. The molecular formula is C13H12O3. The summed E-state index contributed by atoms with van der Waals surface area (Å²) in [5.41, 5.74) is 0.472. The van der Waals surface area contributed by atoms with Gasteiger partial charge in [-0.15, -0.1) is 0 Å². The molecule has 4 fully saturated rings. The van der Waals surface area contributed by atoms with Crippen LogP contribution in [0.5, 0.6) is 0 Å². The number of fused-ring (bicyclic) bond motifs is 6. The van der Waals surface area contributed by atoms with Gasteiger partial charge in [0.2, 0.25) is 0 Å². The number of ether oxygens (including phenoxy) is 1. The molecule has 5 aliphatic rings. The van der Waals surface area contributed by atoms with Gasteiger partial charge >= 0.3 is 11.9 Å². The van der Waals surface area contributed by atoms with Gasteiger partial charge in [0.25, 0.3) is 0 Å².